The van der Waals surface area contributed by atoms with Crippen LogP contribution in [0.5, 0.6) is 0 Å². The van der Waals surface area contributed by atoms with Crippen molar-refractivity contribution in [2.45, 2.75) is 118 Å². The average Bonchev–Trinajstić information content (AvgIpc) is 2.22. The Bertz CT molecular complexity index is 405. The molecule has 0 aromatic heterocycles. The fourth-order valence-electron chi connectivity index (χ4n) is 1.50. The molecule has 0 N–H and O–H groups in total. The van der Waals surface area contributed by atoms with E-state index in [-0.39, 0.29) is 73.0 Å². The van der Waals surface area contributed by atoms with Crippen LogP contribution in [0.15, 0.2) is 0 Å². The van der Waals surface area contributed by atoms with Crippen LogP contribution in [0.3, 0.4) is 0 Å². The molecule has 0 atom stereocenters. The predicted molar refractivity (Wildman–Crippen MR) is 148 cm³/mol. The van der Waals surface area contributed by atoms with Gasteiger partial charge < -0.3 is 22.4 Å². The lowest BCUT2D eigenvalue weighted by Crippen LogP contribution is -2.45. The molecule has 0 radical (unpaired) electrons. The molecule has 0 saturated heterocycles. The minimum atomic E-state index is -2.33. The quantitative estimate of drug-likeness (QED) is 0.128. The maximum Gasteiger partial charge on any atom is 0.324 e. The number of rotatable bonds is 10. The molecule has 200 valence electrons. The Hall–Kier alpha value is -0.529. The van der Waals surface area contributed by atoms with Crippen molar-refractivity contribution in [1.29, 1.82) is 0 Å². The highest BCUT2D eigenvalue weighted by Gasteiger charge is 2.32. The summed E-state index contributed by atoms with van der Waals surface area (Å²) in [5.74, 6) is -1.37. The summed E-state index contributed by atoms with van der Waals surface area (Å²) in [5, 5.41) is 0. The second-order valence-electron chi connectivity index (χ2n) is 7.46. The van der Waals surface area contributed by atoms with E-state index in [4.69, 9.17) is 22.4 Å². The number of carbonyl (C=O) groups is 2. The van der Waals surface area contributed by atoms with Gasteiger partial charge in [0.15, 0.2) is 30.2 Å². The second kappa shape index (κ2) is 24.1. The lowest BCUT2D eigenvalue weighted by atomic mass is 10.4. The van der Waals surface area contributed by atoms with Gasteiger partial charge >= 0.3 is 20.5 Å². The van der Waals surface area contributed by atoms with Gasteiger partial charge in [-0.05, 0) is 52.4 Å². The fraction of sp³-hybridized carbons (Fsp3) is 0.905. The third kappa shape index (κ3) is 40.4. The summed E-state index contributed by atoms with van der Waals surface area (Å²) in [5.41, 5.74) is 0. The Kier molecular flexibility index (Phi) is 44.7. The van der Waals surface area contributed by atoms with Gasteiger partial charge in [0, 0.05) is 0 Å². The van der Waals surface area contributed by atoms with E-state index in [9.17, 15) is 9.59 Å². The highest BCUT2D eigenvalue weighted by molar-refractivity contribution is 6.81. The van der Waals surface area contributed by atoms with E-state index in [2.05, 4.69) is 19.6 Å². The summed E-state index contributed by atoms with van der Waals surface area (Å²) in [7, 11) is -5.79. The topological polar surface area (TPSA) is 80.3 Å². The Morgan fingerprint density at radius 3 is 1.16 bits per heavy atom. The van der Waals surface area contributed by atoms with Crippen LogP contribution in [0.4, 0.5) is 0 Å². The summed E-state index contributed by atoms with van der Waals surface area (Å²) in [6.45, 7) is 15.5. The van der Waals surface area contributed by atoms with Gasteiger partial charge in [-0.25, -0.2) is 0 Å². The van der Waals surface area contributed by atoms with Crippen LogP contribution in [0.1, 0.15) is 65.8 Å². The molecule has 0 spiro atoms. The molecule has 0 amide bonds. The molecule has 0 saturated carbocycles. The van der Waals surface area contributed by atoms with Crippen molar-refractivity contribution < 1.29 is 32.0 Å². The maximum atomic E-state index is 11.5. The third-order valence-corrected chi connectivity index (χ3v) is 8.39. The van der Waals surface area contributed by atoms with Gasteiger partial charge in [-0.1, -0.05) is 59.4 Å². The SMILES string of the molecule is C.C.C.C.C.C.C.C.C[Si](C)(C)OCOC(=O)CC(=O)OCO[Si](C)(C)O[Si](C)(C)C. The monoisotopic (exact) mass is 510 g/mol. The zero-order valence-electron chi connectivity index (χ0n) is 15.5. The van der Waals surface area contributed by atoms with Crippen LogP contribution < -0.4 is 0 Å². The molecule has 0 fully saturated rings. The number of esters is 2. The van der Waals surface area contributed by atoms with E-state index >= 15 is 0 Å². The van der Waals surface area contributed by atoms with Crippen molar-refractivity contribution >= 4 is 37.1 Å². The van der Waals surface area contributed by atoms with E-state index in [0.29, 0.717) is 0 Å². The minimum absolute atomic E-state index is 0. The Labute approximate surface area is 201 Å². The number of carbonyl (C=O) groups excluding carboxylic acids is 2. The van der Waals surface area contributed by atoms with E-state index in [0.717, 1.165) is 0 Å². The minimum Gasteiger partial charge on any atom is -0.439 e. The van der Waals surface area contributed by atoms with Gasteiger partial charge in [0.25, 0.3) is 0 Å². The highest BCUT2D eigenvalue weighted by atomic mass is 28.4. The van der Waals surface area contributed by atoms with Crippen LogP contribution in [-0.4, -0.2) is 50.7 Å². The largest absolute Gasteiger partial charge is 0.439 e. The molecule has 0 heterocycles. The molecule has 0 aromatic rings. The maximum absolute atomic E-state index is 11.5. The molecular formula is C21H62O7Si3. The van der Waals surface area contributed by atoms with Crippen molar-refractivity contribution in [3.8, 4) is 0 Å². The van der Waals surface area contributed by atoms with Crippen molar-refractivity contribution in [2.24, 2.45) is 0 Å². The summed E-state index contributed by atoms with van der Waals surface area (Å²) in [6, 6.07) is 0. The van der Waals surface area contributed by atoms with Crippen molar-refractivity contribution in [3.63, 3.8) is 0 Å². The summed E-state index contributed by atoms with van der Waals surface area (Å²) in [6.07, 6.45) is -0.463. The molecule has 0 bridgehead atoms. The lowest BCUT2D eigenvalue weighted by molar-refractivity contribution is -0.162. The van der Waals surface area contributed by atoms with Gasteiger partial charge in [0.2, 0.25) is 0 Å². The lowest BCUT2D eigenvalue weighted by Gasteiger charge is -2.30. The third-order valence-electron chi connectivity index (χ3n) is 2.18. The first-order valence-corrected chi connectivity index (χ1v) is 17.1. The Balaban J connectivity index is -0.0000000864. The van der Waals surface area contributed by atoms with Gasteiger partial charge in [0.05, 0.1) is 0 Å². The Morgan fingerprint density at radius 2 is 0.871 bits per heavy atom. The first-order chi connectivity index (χ1) is 10.2. The van der Waals surface area contributed by atoms with E-state index in [1.54, 1.807) is 0 Å². The molecule has 7 nitrogen and oxygen atoms in total. The van der Waals surface area contributed by atoms with E-state index in [1.165, 1.54) is 0 Å². The van der Waals surface area contributed by atoms with Crippen LogP contribution in [0, 0.1) is 0 Å². The smallest absolute Gasteiger partial charge is 0.324 e. The second-order valence-corrected chi connectivity index (χ2v) is 20.1. The van der Waals surface area contributed by atoms with Crippen molar-refractivity contribution in [1.82, 2.24) is 0 Å². The van der Waals surface area contributed by atoms with Crippen LogP contribution >= 0.6 is 0 Å². The predicted octanol–water partition coefficient (Wildman–Crippen LogP) is 7.89. The molecule has 0 aliphatic heterocycles. The van der Waals surface area contributed by atoms with E-state index in [1.807, 2.05) is 32.7 Å². The van der Waals surface area contributed by atoms with Crippen molar-refractivity contribution in [3.05, 3.63) is 0 Å². The molecule has 0 aliphatic rings. The van der Waals surface area contributed by atoms with E-state index < -0.39 is 43.6 Å². The van der Waals surface area contributed by atoms with Crippen LogP contribution in [0.25, 0.3) is 0 Å². The average molecular weight is 511 g/mol. The fourth-order valence-corrected chi connectivity index (χ4v) is 8.39. The molecule has 31 heavy (non-hydrogen) atoms. The Morgan fingerprint density at radius 1 is 0.548 bits per heavy atom. The van der Waals surface area contributed by atoms with Crippen LogP contribution in [-0.2, 0) is 32.0 Å². The molecule has 0 rings (SSSR count). The highest BCUT2D eigenvalue weighted by Crippen LogP contribution is 2.15. The van der Waals surface area contributed by atoms with Gasteiger partial charge in [0.1, 0.15) is 6.42 Å². The van der Waals surface area contributed by atoms with Gasteiger partial charge in [-0.15, -0.1) is 0 Å². The summed E-state index contributed by atoms with van der Waals surface area (Å²) >= 11 is 0. The summed E-state index contributed by atoms with van der Waals surface area (Å²) < 4.78 is 26.5. The molecule has 10 heteroatoms. The first kappa shape index (κ1) is 57.4. The number of ether oxygens (including phenoxy) is 2. The zero-order chi connectivity index (χ0) is 18.3. The standard InChI is InChI=1S/C13H30O7Si3.8CH4/c1-21(2,3)18-10-16-12(14)9-13(15)17-11-19-23(7,8)20-22(4,5)6;;;;;;;;/h9-11H2,1-8H3;8*1H4. The molecule has 0 unspecified atom stereocenters. The van der Waals surface area contributed by atoms with Crippen LogP contribution in [0.2, 0.25) is 52.4 Å². The number of hydrogen-bond donors (Lipinski definition) is 0. The normalized spacial score (nSPS) is 9.55. The first-order valence-electron chi connectivity index (χ1n) is 7.49. The molecule has 0 aliphatic carbocycles. The number of hydrogen-bond acceptors (Lipinski definition) is 7. The van der Waals surface area contributed by atoms with Gasteiger partial charge in [-0.2, -0.15) is 0 Å². The zero-order valence-corrected chi connectivity index (χ0v) is 18.5. The van der Waals surface area contributed by atoms with Gasteiger partial charge in [-0.3, -0.25) is 9.59 Å². The molecular weight excluding hydrogens is 448 g/mol. The molecule has 0 aromatic carbocycles. The summed E-state index contributed by atoms with van der Waals surface area (Å²) in [4.78, 5) is 23.0. The van der Waals surface area contributed by atoms with Crippen molar-refractivity contribution in [2.75, 3.05) is 13.6 Å².